The van der Waals surface area contributed by atoms with E-state index in [2.05, 4.69) is 280 Å². The maximum absolute atomic E-state index is 2.48. The molecule has 1 heteroatoms. The van der Waals surface area contributed by atoms with Gasteiger partial charge in [0, 0.05) is 17.1 Å². The molecule has 0 heterocycles. The number of hydrogen-bond acceptors (Lipinski definition) is 1. The van der Waals surface area contributed by atoms with Crippen molar-refractivity contribution in [3.63, 3.8) is 0 Å². The Morgan fingerprint density at radius 2 is 0.642 bits per heavy atom. The van der Waals surface area contributed by atoms with Crippen LogP contribution in [0.3, 0.4) is 0 Å². The zero-order chi connectivity index (χ0) is 45.2. The molecule has 10 aromatic carbocycles. The highest BCUT2D eigenvalue weighted by molar-refractivity contribution is 5.93. The van der Waals surface area contributed by atoms with E-state index >= 15 is 0 Å². The van der Waals surface area contributed by atoms with Gasteiger partial charge >= 0.3 is 0 Å². The highest BCUT2D eigenvalue weighted by Crippen LogP contribution is 2.59. The van der Waals surface area contributed by atoms with Crippen LogP contribution in [0, 0.1) is 0 Å². The number of nitrogens with zero attached hydrogens (tertiary/aromatic N) is 1. The summed E-state index contributed by atoms with van der Waals surface area (Å²) in [7, 11) is 0. The fourth-order valence-corrected chi connectivity index (χ4v) is 11.6. The first kappa shape index (κ1) is 40.5. The van der Waals surface area contributed by atoms with Gasteiger partial charge in [0.2, 0.25) is 0 Å². The van der Waals surface area contributed by atoms with Gasteiger partial charge in [-0.15, -0.1) is 0 Å². The Morgan fingerprint density at radius 3 is 1.13 bits per heavy atom. The van der Waals surface area contributed by atoms with E-state index < -0.39 is 10.8 Å². The highest BCUT2D eigenvalue weighted by Gasteiger charge is 2.48. The van der Waals surface area contributed by atoms with Gasteiger partial charge in [0.1, 0.15) is 0 Å². The third kappa shape index (κ3) is 6.29. The van der Waals surface area contributed by atoms with Crippen LogP contribution in [0.25, 0.3) is 33.4 Å². The quantitative estimate of drug-likeness (QED) is 0.147. The maximum atomic E-state index is 2.48. The largest absolute Gasteiger partial charge is 0.310 e. The Kier molecular flexibility index (Phi) is 9.59. The molecular formula is C66H51N. The molecule has 10 aromatic rings. The molecule has 0 fully saturated rings. The van der Waals surface area contributed by atoms with Crippen molar-refractivity contribution in [3.8, 4) is 33.4 Å². The molecule has 0 N–H and O–H groups in total. The molecule has 320 valence electrons. The molecule has 67 heavy (non-hydrogen) atoms. The first-order valence-electron chi connectivity index (χ1n) is 23.6. The number of rotatable bonds is 8. The van der Waals surface area contributed by atoms with E-state index in [0.717, 1.165) is 17.1 Å². The second-order valence-corrected chi connectivity index (χ2v) is 19.2. The molecule has 1 nitrogen and oxygen atoms in total. The second-order valence-electron chi connectivity index (χ2n) is 19.2. The summed E-state index contributed by atoms with van der Waals surface area (Å²) in [6.07, 6.45) is 0. The van der Waals surface area contributed by atoms with Crippen LogP contribution in [0.15, 0.2) is 255 Å². The summed E-state index contributed by atoms with van der Waals surface area (Å²) in [5.41, 5.74) is 21.4. The lowest BCUT2D eigenvalue weighted by Gasteiger charge is -2.35. The summed E-state index contributed by atoms with van der Waals surface area (Å²) in [5, 5.41) is 0. The van der Waals surface area contributed by atoms with E-state index in [9.17, 15) is 0 Å². The SMILES string of the molecule is CC(C)(C)c1ccc(-c2ccc(N(c3ccc4c(c3)-c3ccccc3C4(c3ccccc3)c3ccccc3)c3ccc4c(c3)C(c3ccccc3)(c3ccccc3)c3ccccc3-4)cc2)cc1. The first-order valence-corrected chi connectivity index (χ1v) is 23.6. The van der Waals surface area contributed by atoms with Crippen LogP contribution in [0.5, 0.6) is 0 Å². The molecule has 0 aliphatic heterocycles. The Balaban J connectivity index is 1.09. The third-order valence-electron chi connectivity index (χ3n) is 14.6. The fraction of sp³-hybridized carbons (Fsp3) is 0.0909. The minimum atomic E-state index is -0.527. The lowest BCUT2D eigenvalue weighted by Crippen LogP contribution is -2.28. The monoisotopic (exact) mass is 857 g/mol. The lowest BCUT2D eigenvalue weighted by atomic mass is 9.67. The van der Waals surface area contributed by atoms with Crippen LogP contribution in [0.2, 0.25) is 0 Å². The van der Waals surface area contributed by atoms with Crippen molar-refractivity contribution in [3.05, 3.63) is 305 Å². The molecule has 0 amide bonds. The molecule has 0 aromatic heterocycles. The molecule has 0 atom stereocenters. The minimum absolute atomic E-state index is 0.0942. The van der Waals surface area contributed by atoms with Crippen molar-refractivity contribution >= 4 is 17.1 Å². The number of anilines is 3. The standard InChI is InChI=1S/C66H51N/c1-64(2,3)48-36-32-46(33-37-48)47-34-38-53(39-35-47)67(54-41-43-62-59(44-54)57-29-17-19-31-61(57)65(62,49-20-8-4-9-21-49)50-22-10-5-11-23-50)55-40-42-58-56-28-16-18-30-60(56)66(63(58)45-55,51-24-12-6-13-25-51)52-26-14-7-15-27-52/h4-45H,1-3H3. The smallest absolute Gasteiger partial charge is 0.0714 e. The van der Waals surface area contributed by atoms with Gasteiger partial charge in [-0.1, -0.05) is 239 Å². The summed E-state index contributed by atoms with van der Waals surface area (Å²) < 4.78 is 0. The fourth-order valence-electron chi connectivity index (χ4n) is 11.6. The molecule has 0 radical (unpaired) electrons. The third-order valence-corrected chi connectivity index (χ3v) is 14.6. The van der Waals surface area contributed by atoms with Crippen molar-refractivity contribution < 1.29 is 0 Å². The van der Waals surface area contributed by atoms with Gasteiger partial charge in [0.25, 0.3) is 0 Å². The average molecular weight is 858 g/mol. The van der Waals surface area contributed by atoms with Crippen molar-refractivity contribution in [2.75, 3.05) is 4.90 Å². The van der Waals surface area contributed by atoms with E-state index in [-0.39, 0.29) is 5.41 Å². The van der Waals surface area contributed by atoms with Gasteiger partial charge < -0.3 is 4.90 Å². The van der Waals surface area contributed by atoms with Crippen molar-refractivity contribution in [1.82, 2.24) is 0 Å². The van der Waals surface area contributed by atoms with Crippen molar-refractivity contribution in [2.45, 2.75) is 37.0 Å². The van der Waals surface area contributed by atoms with E-state index in [1.807, 2.05) is 0 Å². The van der Waals surface area contributed by atoms with Crippen LogP contribution < -0.4 is 4.90 Å². The molecule has 0 saturated heterocycles. The molecule has 0 saturated carbocycles. The molecule has 2 aliphatic rings. The van der Waals surface area contributed by atoms with Crippen LogP contribution in [0.4, 0.5) is 17.1 Å². The zero-order valence-corrected chi connectivity index (χ0v) is 38.2. The summed E-state index contributed by atoms with van der Waals surface area (Å²) >= 11 is 0. The lowest BCUT2D eigenvalue weighted by molar-refractivity contribution is 0.590. The molecular weight excluding hydrogens is 807 g/mol. The zero-order valence-electron chi connectivity index (χ0n) is 38.2. The molecule has 0 bridgehead atoms. The number of fused-ring (bicyclic) bond motifs is 6. The maximum Gasteiger partial charge on any atom is 0.0714 e. The van der Waals surface area contributed by atoms with Crippen LogP contribution in [-0.2, 0) is 16.2 Å². The number of benzene rings is 10. The Bertz CT molecular complexity index is 3320. The van der Waals surface area contributed by atoms with Gasteiger partial charge in [0.15, 0.2) is 0 Å². The summed E-state index contributed by atoms with van der Waals surface area (Å²) in [6.45, 7) is 6.81. The van der Waals surface area contributed by atoms with E-state index in [1.165, 1.54) is 83.5 Å². The predicted molar refractivity (Wildman–Crippen MR) is 280 cm³/mol. The molecule has 0 spiro atoms. The first-order chi connectivity index (χ1) is 32.9. The predicted octanol–water partition coefficient (Wildman–Crippen LogP) is 16.8. The topological polar surface area (TPSA) is 3.24 Å². The molecule has 2 aliphatic carbocycles. The van der Waals surface area contributed by atoms with Crippen molar-refractivity contribution in [1.29, 1.82) is 0 Å². The van der Waals surface area contributed by atoms with Gasteiger partial charge in [-0.05, 0) is 125 Å². The molecule has 12 rings (SSSR count). The second kappa shape index (κ2) is 15.9. The Morgan fingerprint density at radius 1 is 0.284 bits per heavy atom. The number of hydrogen-bond donors (Lipinski definition) is 0. The van der Waals surface area contributed by atoms with Gasteiger partial charge in [-0.2, -0.15) is 0 Å². The van der Waals surface area contributed by atoms with E-state index in [0.29, 0.717) is 0 Å². The van der Waals surface area contributed by atoms with Crippen LogP contribution in [0.1, 0.15) is 70.8 Å². The van der Waals surface area contributed by atoms with Crippen LogP contribution in [-0.4, -0.2) is 0 Å². The summed E-state index contributed by atoms with van der Waals surface area (Å²) in [5.74, 6) is 0. The van der Waals surface area contributed by atoms with Crippen molar-refractivity contribution in [2.24, 2.45) is 0 Å². The normalized spacial score (nSPS) is 13.8. The Labute approximate surface area is 395 Å². The highest BCUT2D eigenvalue weighted by atomic mass is 15.1. The van der Waals surface area contributed by atoms with E-state index in [4.69, 9.17) is 0 Å². The van der Waals surface area contributed by atoms with Gasteiger partial charge in [-0.25, -0.2) is 0 Å². The summed E-state index contributed by atoms with van der Waals surface area (Å²) in [6, 6.07) is 95.1. The van der Waals surface area contributed by atoms with E-state index in [1.54, 1.807) is 0 Å². The average Bonchev–Trinajstić information content (AvgIpc) is 3.85. The Hall–Kier alpha value is -8.00. The van der Waals surface area contributed by atoms with Crippen LogP contribution >= 0.6 is 0 Å². The minimum Gasteiger partial charge on any atom is -0.310 e. The summed E-state index contributed by atoms with van der Waals surface area (Å²) in [4.78, 5) is 2.48. The van der Waals surface area contributed by atoms with Gasteiger partial charge in [-0.3, -0.25) is 0 Å². The van der Waals surface area contributed by atoms with Gasteiger partial charge in [0.05, 0.1) is 10.8 Å². The molecule has 0 unspecified atom stereocenters.